The highest BCUT2D eigenvalue weighted by Crippen LogP contribution is 2.36. The van der Waals surface area contributed by atoms with E-state index in [1.807, 2.05) is 0 Å². The summed E-state index contributed by atoms with van der Waals surface area (Å²) in [6, 6.07) is 0. The first-order valence-corrected chi connectivity index (χ1v) is 14.8. The maximum atomic E-state index is 2.58. The molecular weight excluding hydrogens is 236 g/mol. The Bertz CT molecular complexity index is 172. The largest absolute Gasteiger partial charge is 0.0696 e. The standard InChI is InChI=1S/C15H36Si2/c1-8-9-10-11-12-13-14-15(16(2,3)4)17(5,6)7/h15H,8-14H2,1-7H3. The van der Waals surface area contributed by atoms with Crippen LogP contribution in [0.5, 0.6) is 0 Å². The predicted molar refractivity (Wildman–Crippen MR) is 88.4 cm³/mol. The first-order valence-electron chi connectivity index (χ1n) is 7.69. The zero-order valence-electron chi connectivity index (χ0n) is 13.5. The van der Waals surface area contributed by atoms with E-state index in [1.165, 1.54) is 44.9 Å². The number of hydrogen-bond donors (Lipinski definition) is 0. The quantitative estimate of drug-likeness (QED) is 0.340. The zero-order valence-corrected chi connectivity index (χ0v) is 15.5. The second-order valence-electron chi connectivity index (χ2n) is 7.84. The summed E-state index contributed by atoms with van der Waals surface area (Å²) in [4.78, 5) is 0. The molecule has 2 heteroatoms. The Hall–Kier alpha value is 0.434. The molecule has 0 radical (unpaired) electrons. The van der Waals surface area contributed by atoms with Crippen molar-refractivity contribution >= 4 is 16.1 Å². The molecule has 0 fully saturated rings. The number of rotatable bonds is 9. The van der Waals surface area contributed by atoms with E-state index in [1.54, 1.807) is 0 Å². The molecule has 0 bridgehead atoms. The number of unbranched alkanes of at least 4 members (excludes halogenated alkanes) is 5. The number of hydrogen-bond acceptors (Lipinski definition) is 0. The summed E-state index contributed by atoms with van der Waals surface area (Å²) in [5.74, 6) is 0. The van der Waals surface area contributed by atoms with Gasteiger partial charge >= 0.3 is 0 Å². The van der Waals surface area contributed by atoms with Crippen LogP contribution in [0, 0.1) is 0 Å². The van der Waals surface area contributed by atoms with E-state index >= 15 is 0 Å². The molecular formula is C15H36Si2. The summed E-state index contributed by atoms with van der Waals surface area (Å²) >= 11 is 0. The fourth-order valence-corrected chi connectivity index (χ4v) is 15.8. The predicted octanol–water partition coefficient (Wildman–Crippen LogP) is 6.32. The molecule has 0 atom stereocenters. The van der Waals surface area contributed by atoms with Crippen molar-refractivity contribution in [3.63, 3.8) is 0 Å². The van der Waals surface area contributed by atoms with Crippen molar-refractivity contribution < 1.29 is 0 Å². The van der Waals surface area contributed by atoms with Crippen LogP contribution in [0.25, 0.3) is 0 Å². The molecule has 104 valence electrons. The Morgan fingerprint density at radius 2 is 1.06 bits per heavy atom. The highest BCUT2D eigenvalue weighted by Gasteiger charge is 2.36. The summed E-state index contributed by atoms with van der Waals surface area (Å²) in [7, 11) is -1.87. The molecule has 0 nitrogen and oxygen atoms in total. The smallest absolute Gasteiger partial charge is 0.0447 e. The lowest BCUT2D eigenvalue weighted by Gasteiger charge is -2.38. The van der Waals surface area contributed by atoms with Gasteiger partial charge in [0.2, 0.25) is 0 Å². The van der Waals surface area contributed by atoms with E-state index < -0.39 is 16.1 Å². The van der Waals surface area contributed by atoms with Gasteiger partial charge in [0.15, 0.2) is 0 Å². The minimum atomic E-state index is -0.936. The molecule has 0 spiro atoms. The minimum Gasteiger partial charge on any atom is -0.0696 e. The van der Waals surface area contributed by atoms with Gasteiger partial charge in [0.05, 0.1) is 0 Å². The van der Waals surface area contributed by atoms with Crippen molar-refractivity contribution in [3.05, 3.63) is 0 Å². The highest BCUT2D eigenvalue weighted by atomic mass is 28.4. The normalized spacial score (nSPS) is 13.4. The van der Waals surface area contributed by atoms with Crippen molar-refractivity contribution in [2.75, 3.05) is 0 Å². The van der Waals surface area contributed by atoms with Crippen LogP contribution in [-0.4, -0.2) is 16.1 Å². The van der Waals surface area contributed by atoms with Gasteiger partial charge in [-0.1, -0.05) is 96.3 Å². The Kier molecular flexibility index (Phi) is 7.98. The summed E-state index contributed by atoms with van der Waals surface area (Å²) in [6.45, 7) is 17.8. The maximum absolute atomic E-state index is 2.58. The average molecular weight is 273 g/mol. The Labute approximate surface area is 113 Å². The second kappa shape index (κ2) is 7.78. The molecule has 17 heavy (non-hydrogen) atoms. The molecule has 0 aromatic carbocycles. The summed E-state index contributed by atoms with van der Waals surface area (Å²) in [6.07, 6.45) is 10.2. The molecule has 0 rings (SSSR count). The van der Waals surface area contributed by atoms with E-state index in [9.17, 15) is 0 Å². The summed E-state index contributed by atoms with van der Waals surface area (Å²) < 4.78 is 0. The van der Waals surface area contributed by atoms with Gasteiger partial charge < -0.3 is 0 Å². The third-order valence-corrected chi connectivity index (χ3v) is 13.9. The molecule has 0 N–H and O–H groups in total. The van der Waals surface area contributed by atoms with Gasteiger partial charge in [0.25, 0.3) is 0 Å². The van der Waals surface area contributed by atoms with Crippen molar-refractivity contribution in [2.24, 2.45) is 0 Å². The van der Waals surface area contributed by atoms with E-state index in [2.05, 4.69) is 46.2 Å². The molecule has 0 aromatic rings. The molecule has 0 saturated heterocycles. The second-order valence-corrected chi connectivity index (χ2v) is 19.3. The van der Waals surface area contributed by atoms with Crippen LogP contribution >= 0.6 is 0 Å². The van der Waals surface area contributed by atoms with Gasteiger partial charge in [-0.15, -0.1) is 0 Å². The monoisotopic (exact) mass is 272 g/mol. The Morgan fingerprint density at radius 3 is 1.47 bits per heavy atom. The fourth-order valence-electron chi connectivity index (χ4n) is 3.29. The molecule has 0 saturated carbocycles. The topological polar surface area (TPSA) is 0 Å². The molecule has 0 aromatic heterocycles. The van der Waals surface area contributed by atoms with E-state index in [4.69, 9.17) is 0 Å². The minimum absolute atomic E-state index is 0.936. The van der Waals surface area contributed by atoms with Crippen LogP contribution in [0.15, 0.2) is 0 Å². The summed E-state index contributed by atoms with van der Waals surface area (Å²) in [5, 5.41) is 1.11. The lowest BCUT2D eigenvalue weighted by Crippen LogP contribution is -2.43. The van der Waals surface area contributed by atoms with Gasteiger partial charge in [0.1, 0.15) is 0 Å². The average Bonchev–Trinajstić information content (AvgIpc) is 2.12. The van der Waals surface area contributed by atoms with Crippen molar-refractivity contribution in [2.45, 2.75) is 96.3 Å². The molecule has 0 aliphatic rings. The first-order chi connectivity index (χ1) is 7.69. The van der Waals surface area contributed by atoms with Gasteiger partial charge in [-0.05, 0) is 0 Å². The molecule has 0 heterocycles. The SMILES string of the molecule is CCCCCCCCC([Si](C)(C)C)[Si](C)(C)C. The Balaban J connectivity index is 3.95. The van der Waals surface area contributed by atoms with E-state index in [0.717, 1.165) is 5.16 Å². The maximum Gasteiger partial charge on any atom is 0.0447 e. The lowest BCUT2D eigenvalue weighted by molar-refractivity contribution is 0.593. The lowest BCUT2D eigenvalue weighted by atomic mass is 10.1. The zero-order chi connectivity index (χ0) is 13.5. The van der Waals surface area contributed by atoms with Crippen LogP contribution in [0.2, 0.25) is 44.4 Å². The van der Waals surface area contributed by atoms with Gasteiger partial charge in [-0.25, -0.2) is 0 Å². The van der Waals surface area contributed by atoms with Gasteiger partial charge in [-0.3, -0.25) is 0 Å². The third-order valence-electron chi connectivity index (χ3n) is 3.94. The molecule has 0 aliphatic carbocycles. The first kappa shape index (κ1) is 17.4. The van der Waals surface area contributed by atoms with Crippen molar-refractivity contribution in [3.8, 4) is 0 Å². The van der Waals surface area contributed by atoms with E-state index in [0.29, 0.717) is 0 Å². The van der Waals surface area contributed by atoms with Crippen LogP contribution in [0.4, 0.5) is 0 Å². The highest BCUT2D eigenvalue weighted by molar-refractivity contribution is 6.96. The van der Waals surface area contributed by atoms with Crippen LogP contribution in [-0.2, 0) is 0 Å². The molecule has 0 amide bonds. The van der Waals surface area contributed by atoms with Gasteiger partial charge in [-0.2, -0.15) is 0 Å². The van der Waals surface area contributed by atoms with Crippen LogP contribution in [0.3, 0.4) is 0 Å². The van der Waals surface area contributed by atoms with Crippen LogP contribution in [0.1, 0.15) is 51.9 Å². The molecule has 0 unspecified atom stereocenters. The third kappa shape index (κ3) is 8.20. The van der Waals surface area contributed by atoms with Gasteiger partial charge in [0, 0.05) is 16.1 Å². The Morgan fingerprint density at radius 1 is 0.647 bits per heavy atom. The molecule has 0 aliphatic heterocycles. The van der Waals surface area contributed by atoms with Crippen molar-refractivity contribution in [1.82, 2.24) is 0 Å². The fraction of sp³-hybridized carbons (Fsp3) is 1.00. The van der Waals surface area contributed by atoms with Crippen LogP contribution < -0.4 is 0 Å². The van der Waals surface area contributed by atoms with Crippen molar-refractivity contribution in [1.29, 1.82) is 0 Å². The van der Waals surface area contributed by atoms with E-state index in [-0.39, 0.29) is 0 Å². The summed E-state index contributed by atoms with van der Waals surface area (Å²) in [5.41, 5.74) is 0.